The number of nitrogens with two attached hydrogens (primary N) is 2. The lowest BCUT2D eigenvalue weighted by molar-refractivity contribution is 0.382. The zero-order valence-electron chi connectivity index (χ0n) is 4.94. The number of hydrogen-bond acceptors (Lipinski definition) is 7. The van der Waals surface area contributed by atoms with Gasteiger partial charge in [0, 0.05) is 0 Å². The maximum atomic E-state index is 8.27. The minimum Gasteiger partial charge on any atom is -0.368 e. The smallest absolute Gasteiger partial charge is 0.253 e. The van der Waals surface area contributed by atoms with E-state index in [4.69, 9.17) is 16.7 Å². The summed E-state index contributed by atoms with van der Waals surface area (Å²) in [6.45, 7) is 0. The zero-order valence-corrected chi connectivity index (χ0v) is 4.94. The average molecular weight is 174 g/mol. The van der Waals surface area contributed by atoms with Crippen molar-refractivity contribution in [3.8, 4) is 0 Å². The van der Waals surface area contributed by atoms with Crippen LogP contribution in [0.15, 0.2) is 0 Å². The molecule has 0 saturated heterocycles. The molecule has 0 aliphatic rings. The van der Waals surface area contributed by atoms with Gasteiger partial charge in [0.05, 0.1) is 0 Å². The lowest BCUT2D eigenvalue weighted by atomic mass is 10.8. The largest absolute Gasteiger partial charge is 0.368 e. The van der Waals surface area contributed by atoms with Gasteiger partial charge in [0.1, 0.15) is 0 Å². The fourth-order valence-corrected chi connectivity index (χ4v) is 0.459. The quantitative estimate of drug-likeness (QED) is 0.271. The normalized spacial score (nSPS) is 8.45. The summed E-state index contributed by atoms with van der Waals surface area (Å²) in [6, 6.07) is 0. The minimum atomic E-state index is -0.0648. The highest BCUT2D eigenvalue weighted by Crippen LogP contribution is 2.00. The molecule has 0 aromatic carbocycles. The Balaban J connectivity index is 0.000001000. The molecule has 6 N–H and O–H groups in total. The second-order valence-electron chi connectivity index (χ2n) is 1.49. The Bertz CT molecular complexity index is 221. The standard InChI is InChI=1S/C3H6N6O.H4Si/c4-1-6-2(5)8-3(7-1)9-10;/h10H,(H5,4,5,6,7,8,9);1H4. The van der Waals surface area contributed by atoms with E-state index < -0.39 is 0 Å². The first-order valence-corrected chi connectivity index (χ1v) is 2.39. The zero-order chi connectivity index (χ0) is 7.56. The predicted molar refractivity (Wildman–Crippen MR) is 45.4 cm³/mol. The molecule has 11 heavy (non-hydrogen) atoms. The van der Waals surface area contributed by atoms with E-state index in [1.165, 1.54) is 0 Å². The Morgan fingerprint density at radius 1 is 1.09 bits per heavy atom. The number of anilines is 3. The maximum Gasteiger partial charge on any atom is 0.253 e. The molecule has 0 fully saturated rings. The molecule has 0 bridgehead atoms. The molecule has 1 heterocycles. The average Bonchev–Trinajstić information content (AvgIpc) is 1.85. The molecular weight excluding hydrogens is 164 g/mol. The van der Waals surface area contributed by atoms with Gasteiger partial charge < -0.3 is 11.5 Å². The highest BCUT2D eigenvalue weighted by atomic mass is 28.1. The Morgan fingerprint density at radius 2 is 1.55 bits per heavy atom. The van der Waals surface area contributed by atoms with Crippen molar-refractivity contribution in [2.75, 3.05) is 16.9 Å². The van der Waals surface area contributed by atoms with Gasteiger partial charge in [-0.3, -0.25) is 5.21 Å². The molecule has 7 nitrogen and oxygen atoms in total. The van der Waals surface area contributed by atoms with Gasteiger partial charge in [0.25, 0.3) is 5.95 Å². The van der Waals surface area contributed by atoms with Crippen molar-refractivity contribution in [3.63, 3.8) is 0 Å². The molecule has 0 unspecified atom stereocenters. The fraction of sp³-hybridized carbons (Fsp3) is 0. The summed E-state index contributed by atoms with van der Waals surface area (Å²) in [4.78, 5) is 10.4. The first kappa shape index (κ1) is 9.59. The van der Waals surface area contributed by atoms with Crippen LogP contribution < -0.4 is 16.9 Å². The van der Waals surface area contributed by atoms with Crippen molar-refractivity contribution in [1.29, 1.82) is 0 Å². The summed E-state index contributed by atoms with van der Waals surface area (Å²) < 4.78 is 0. The summed E-state index contributed by atoms with van der Waals surface area (Å²) in [7, 11) is 0. The van der Waals surface area contributed by atoms with Crippen LogP contribution in [0.1, 0.15) is 0 Å². The summed E-state index contributed by atoms with van der Waals surface area (Å²) >= 11 is 0. The van der Waals surface area contributed by atoms with Crippen LogP contribution >= 0.6 is 0 Å². The molecule has 0 aliphatic carbocycles. The number of nitrogen functional groups attached to an aromatic ring is 2. The van der Waals surface area contributed by atoms with E-state index in [-0.39, 0.29) is 28.8 Å². The summed E-state index contributed by atoms with van der Waals surface area (Å²) in [6.07, 6.45) is 0. The Kier molecular flexibility index (Phi) is 3.21. The molecule has 1 aromatic heterocycles. The number of nitrogens with one attached hydrogen (secondary N) is 1. The van der Waals surface area contributed by atoms with E-state index in [2.05, 4.69) is 15.0 Å². The van der Waals surface area contributed by atoms with Crippen LogP contribution in [-0.4, -0.2) is 31.1 Å². The Hall–Kier alpha value is -1.41. The second kappa shape index (κ2) is 3.68. The molecule has 0 atom stereocenters. The van der Waals surface area contributed by atoms with E-state index >= 15 is 0 Å². The highest BCUT2D eigenvalue weighted by molar-refractivity contribution is 5.75. The molecule has 0 amide bonds. The third-order valence-corrected chi connectivity index (χ3v) is 0.770. The summed E-state index contributed by atoms with van der Waals surface area (Å²) in [5, 5.41) is 8.27. The van der Waals surface area contributed by atoms with Crippen LogP contribution in [0.25, 0.3) is 0 Å². The van der Waals surface area contributed by atoms with E-state index in [1.54, 1.807) is 5.48 Å². The van der Waals surface area contributed by atoms with Crippen LogP contribution in [0, 0.1) is 0 Å². The topological polar surface area (TPSA) is 123 Å². The molecule has 1 rings (SSSR count). The highest BCUT2D eigenvalue weighted by Gasteiger charge is 1.97. The van der Waals surface area contributed by atoms with E-state index in [9.17, 15) is 0 Å². The van der Waals surface area contributed by atoms with Gasteiger partial charge in [0.2, 0.25) is 11.9 Å². The minimum absolute atomic E-state index is 0. The third-order valence-electron chi connectivity index (χ3n) is 0.770. The molecular formula is C3H10N6OSi. The van der Waals surface area contributed by atoms with Crippen molar-refractivity contribution in [2.24, 2.45) is 0 Å². The van der Waals surface area contributed by atoms with Crippen molar-refractivity contribution < 1.29 is 5.21 Å². The first-order valence-electron chi connectivity index (χ1n) is 2.39. The van der Waals surface area contributed by atoms with Crippen LogP contribution in [0.5, 0.6) is 0 Å². The van der Waals surface area contributed by atoms with Crippen molar-refractivity contribution >= 4 is 28.8 Å². The Labute approximate surface area is 66.8 Å². The van der Waals surface area contributed by atoms with E-state index in [0.29, 0.717) is 0 Å². The number of hydrogen-bond donors (Lipinski definition) is 4. The van der Waals surface area contributed by atoms with Gasteiger partial charge in [-0.1, -0.05) is 0 Å². The first-order chi connectivity index (χ1) is 4.72. The number of nitrogens with zero attached hydrogens (tertiary/aromatic N) is 3. The van der Waals surface area contributed by atoms with Crippen molar-refractivity contribution in [2.45, 2.75) is 0 Å². The molecule has 0 radical (unpaired) electrons. The molecule has 1 aromatic rings. The predicted octanol–water partition coefficient (Wildman–Crippen LogP) is -2.61. The van der Waals surface area contributed by atoms with Gasteiger partial charge in [-0.05, 0) is 11.0 Å². The number of aromatic nitrogens is 3. The maximum absolute atomic E-state index is 8.27. The molecule has 62 valence electrons. The summed E-state index contributed by atoms with van der Waals surface area (Å²) in [5.74, 6) is -0.141. The lowest BCUT2D eigenvalue weighted by Gasteiger charge is -1.97. The Morgan fingerprint density at radius 3 is 1.91 bits per heavy atom. The SMILES string of the molecule is Nc1nc(N)nc(NO)n1.[SiH4]. The van der Waals surface area contributed by atoms with Gasteiger partial charge in [0.15, 0.2) is 0 Å². The fourth-order valence-electron chi connectivity index (χ4n) is 0.459. The number of rotatable bonds is 1. The monoisotopic (exact) mass is 174 g/mol. The van der Waals surface area contributed by atoms with Crippen LogP contribution in [0.4, 0.5) is 17.8 Å². The second-order valence-corrected chi connectivity index (χ2v) is 1.49. The van der Waals surface area contributed by atoms with Gasteiger partial charge in [-0.15, -0.1) is 0 Å². The van der Waals surface area contributed by atoms with Gasteiger partial charge >= 0.3 is 0 Å². The van der Waals surface area contributed by atoms with Crippen molar-refractivity contribution in [1.82, 2.24) is 15.0 Å². The van der Waals surface area contributed by atoms with Crippen LogP contribution in [-0.2, 0) is 0 Å². The van der Waals surface area contributed by atoms with Crippen molar-refractivity contribution in [3.05, 3.63) is 0 Å². The molecule has 0 saturated carbocycles. The lowest BCUT2D eigenvalue weighted by Crippen LogP contribution is -2.06. The van der Waals surface area contributed by atoms with Gasteiger partial charge in [-0.2, -0.15) is 15.0 Å². The third kappa shape index (κ3) is 2.35. The molecule has 0 aliphatic heterocycles. The molecule has 0 spiro atoms. The summed E-state index contributed by atoms with van der Waals surface area (Å²) in [5.41, 5.74) is 12.0. The van der Waals surface area contributed by atoms with Crippen LogP contribution in [0.2, 0.25) is 0 Å². The van der Waals surface area contributed by atoms with E-state index in [0.717, 1.165) is 0 Å². The van der Waals surface area contributed by atoms with Gasteiger partial charge in [-0.25, -0.2) is 5.48 Å². The van der Waals surface area contributed by atoms with E-state index in [1.807, 2.05) is 0 Å². The van der Waals surface area contributed by atoms with Crippen LogP contribution in [0.3, 0.4) is 0 Å². The molecule has 8 heteroatoms.